The van der Waals surface area contributed by atoms with Crippen LogP contribution in [-0.4, -0.2) is 15.0 Å². The highest BCUT2D eigenvalue weighted by Crippen LogP contribution is 2.23. The van der Waals surface area contributed by atoms with Crippen molar-refractivity contribution in [2.45, 2.75) is 6.61 Å². The van der Waals surface area contributed by atoms with Crippen LogP contribution >= 0.6 is 11.6 Å². The molecule has 0 saturated carbocycles. The maximum atomic E-state index is 5.93. The van der Waals surface area contributed by atoms with Gasteiger partial charge < -0.3 is 4.74 Å². The first-order valence-electron chi connectivity index (χ1n) is 4.48. The van der Waals surface area contributed by atoms with E-state index in [0.29, 0.717) is 17.4 Å². The fourth-order valence-corrected chi connectivity index (χ4v) is 1.37. The minimum Gasteiger partial charge on any atom is -0.486 e. The van der Waals surface area contributed by atoms with Gasteiger partial charge in [0.15, 0.2) is 0 Å². The minimum atomic E-state index is 0.373. The van der Waals surface area contributed by atoms with Crippen molar-refractivity contribution in [2.75, 3.05) is 0 Å². The molecule has 0 atom stereocenters. The molecule has 0 saturated heterocycles. The molecule has 78 valence electrons. The summed E-state index contributed by atoms with van der Waals surface area (Å²) >= 11 is 5.93. The normalized spacial score (nSPS) is 10.3. The molecule has 0 aliphatic rings. The van der Waals surface area contributed by atoms with Gasteiger partial charge in [-0.25, -0.2) is 0 Å². The molecule has 5 heteroatoms. The molecule has 0 spiro atoms. The monoisotopic (exact) mass is 223 g/mol. The number of halogens is 1. The van der Waals surface area contributed by atoms with Gasteiger partial charge in [0.25, 0.3) is 0 Å². The fraction of sp³-hybridized carbons (Fsp3) is 0.200. The smallest absolute Gasteiger partial charge is 0.138 e. The average Bonchev–Trinajstić information content (AvgIpc) is 2.63. The van der Waals surface area contributed by atoms with E-state index in [9.17, 15) is 0 Å². The Morgan fingerprint density at radius 1 is 1.40 bits per heavy atom. The van der Waals surface area contributed by atoms with Gasteiger partial charge in [0.1, 0.15) is 18.1 Å². The number of ether oxygens (including phenoxy) is 1. The van der Waals surface area contributed by atoms with Crippen LogP contribution < -0.4 is 4.74 Å². The van der Waals surface area contributed by atoms with Gasteiger partial charge >= 0.3 is 0 Å². The molecule has 0 radical (unpaired) electrons. The number of hydrogen-bond donors (Lipinski definition) is 0. The molecule has 0 bridgehead atoms. The standard InChI is InChI=1S/C10H10ClN3O/c1-14-6-8(12-13-14)7-15-10-5-3-2-4-9(10)11/h2-6H,7H2,1H3. The Labute approximate surface area is 92.4 Å². The third-order valence-corrected chi connectivity index (χ3v) is 2.17. The van der Waals surface area contributed by atoms with E-state index in [1.807, 2.05) is 25.2 Å². The van der Waals surface area contributed by atoms with Crippen molar-refractivity contribution in [3.8, 4) is 5.75 Å². The molecule has 1 aromatic carbocycles. The number of nitrogens with zero attached hydrogens (tertiary/aromatic N) is 3. The Hall–Kier alpha value is -1.55. The van der Waals surface area contributed by atoms with Crippen LogP contribution in [0.2, 0.25) is 5.02 Å². The molecular formula is C10H10ClN3O. The van der Waals surface area contributed by atoms with E-state index in [1.165, 1.54) is 0 Å². The molecule has 15 heavy (non-hydrogen) atoms. The lowest BCUT2D eigenvalue weighted by atomic mass is 10.3. The first-order chi connectivity index (χ1) is 7.25. The summed E-state index contributed by atoms with van der Waals surface area (Å²) in [6.45, 7) is 0.373. The molecule has 4 nitrogen and oxygen atoms in total. The summed E-state index contributed by atoms with van der Waals surface area (Å²) in [4.78, 5) is 0. The van der Waals surface area contributed by atoms with Gasteiger partial charge in [-0.05, 0) is 12.1 Å². The zero-order valence-corrected chi connectivity index (χ0v) is 8.98. The Morgan fingerprint density at radius 2 is 2.20 bits per heavy atom. The van der Waals surface area contributed by atoms with Gasteiger partial charge in [0.05, 0.1) is 11.2 Å². The summed E-state index contributed by atoms with van der Waals surface area (Å²) in [6, 6.07) is 7.33. The van der Waals surface area contributed by atoms with Gasteiger partial charge in [-0.3, -0.25) is 4.68 Å². The number of aromatic nitrogens is 3. The quantitative estimate of drug-likeness (QED) is 0.800. The van der Waals surface area contributed by atoms with Crippen molar-refractivity contribution in [3.63, 3.8) is 0 Å². The van der Waals surface area contributed by atoms with E-state index in [0.717, 1.165) is 5.69 Å². The number of hydrogen-bond acceptors (Lipinski definition) is 3. The van der Waals surface area contributed by atoms with Crippen molar-refractivity contribution in [2.24, 2.45) is 7.05 Å². The number of aryl methyl sites for hydroxylation is 1. The third kappa shape index (κ3) is 2.47. The van der Waals surface area contributed by atoms with Gasteiger partial charge in [-0.15, -0.1) is 5.10 Å². The molecule has 1 aromatic heterocycles. The van der Waals surface area contributed by atoms with Crippen molar-refractivity contribution in [1.29, 1.82) is 0 Å². The number of rotatable bonds is 3. The van der Waals surface area contributed by atoms with Crippen molar-refractivity contribution in [3.05, 3.63) is 41.2 Å². The van der Waals surface area contributed by atoms with Crippen LogP contribution in [-0.2, 0) is 13.7 Å². The minimum absolute atomic E-state index is 0.373. The van der Waals surface area contributed by atoms with Crippen LogP contribution in [0.25, 0.3) is 0 Å². The van der Waals surface area contributed by atoms with E-state index in [2.05, 4.69) is 10.3 Å². The highest BCUT2D eigenvalue weighted by atomic mass is 35.5. The molecule has 0 fully saturated rings. The van der Waals surface area contributed by atoms with Crippen molar-refractivity contribution in [1.82, 2.24) is 15.0 Å². The van der Waals surface area contributed by atoms with E-state index < -0.39 is 0 Å². The summed E-state index contributed by atoms with van der Waals surface area (Å²) in [5, 5.41) is 8.31. The topological polar surface area (TPSA) is 39.9 Å². The SMILES string of the molecule is Cn1cc(COc2ccccc2Cl)nn1. The molecule has 0 aliphatic heterocycles. The van der Waals surface area contributed by atoms with E-state index >= 15 is 0 Å². The zero-order valence-electron chi connectivity index (χ0n) is 8.22. The van der Waals surface area contributed by atoms with Crippen LogP contribution in [0.4, 0.5) is 0 Å². The van der Waals surface area contributed by atoms with Crippen LogP contribution in [0.15, 0.2) is 30.5 Å². The molecule has 0 N–H and O–H groups in total. The third-order valence-electron chi connectivity index (χ3n) is 1.86. The molecule has 0 aliphatic carbocycles. The average molecular weight is 224 g/mol. The lowest BCUT2D eigenvalue weighted by Crippen LogP contribution is -1.96. The second-order valence-corrected chi connectivity index (χ2v) is 3.51. The number of para-hydroxylation sites is 1. The van der Waals surface area contributed by atoms with Gasteiger partial charge in [0.2, 0.25) is 0 Å². The maximum absolute atomic E-state index is 5.93. The molecular weight excluding hydrogens is 214 g/mol. The van der Waals surface area contributed by atoms with Crippen LogP contribution in [0.3, 0.4) is 0 Å². The lowest BCUT2D eigenvalue weighted by molar-refractivity contribution is 0.301. The zero-order chi connectivity index (χ0) is 10.7. The second-order valence-electron chi connectivity index (χ2n) is 3.10. The van der Waals surface area contributed by atoms with E-state index in [-0.39, 0.29) is 0 Å². The molecule has 2 rings (SSSR count). The first-order valence-corrected chi connectivity index (χ1v) is 4.86. The molecule has 2 aromatic rings. The van der Waals surface area contributed by atoms with Crippen LogP contribution in [0.5, 0.6) is 5.75 Å². The Bertz CT molecular complexity index is 455. The highest BCUT2D eigenvalue weighted by Gasteiger charge is 2.02. The first kappa shape index (κ1) is 9.98. The van der Waals surface area contributed by atoms with Gasteiger partial charge in [-0.1, -0.05) is 28.9 Å². The van der Waals surface area contributed by atoms with Crippen molar-refractivity contribution < 1.29 is 4.74 Å². The highest BCUT2D eigenvalue weighted by molar-refractivity contribution is 6.32. The summed E-state index contributed by atoms with van der Waals surface area (Å²) in [6.07, 6.45) is 1.80. The fourth-order valence-electron chi connectivity index (χ4n) is 1.17. The van der Waals surface area contributed by atoms with E-state index in [4.69, 9.17) is 16.3 Å². The predicted octanol–water partition coefficient (Wildman–Crippen LogP) is 2.05. The molecule has 1 heterocycles. The molecule has 0 amide bonds. The Morgan fingerprint density at radius 3 is 2.87 bits per heavy atom. The summed E-state index contributed by atoms with van der Waals surface area (Å²) in [5.41, 5.74) is 0.775. The summed E-state index contributed by atoms with van der Waals surface area (Å²) < 4.78 is 7.12. The summed E-state index contributed by atoms with van der Waals surface area (Å²) in [7, 11) is 1.81. The largest absolute Gasteiger partial charge is 0.486 e. The summed E-state index contributed by atoms with van der Waals surface area (Å²) in [5.74, 6) is 0.657. The Balaban J connectivity index is 2.02. The molecule has 0 unspecified atom stereocenters. The predicted molar refractivity (Wildman–Crippen MR) is 56.8 cm³/mol. The van der Waals surface area contributed by atoms with Crippen LogP contribution in [0, 0.1) is 0 Å². The van der Waals surface area contributed by atoms with Gasteiger partial charge in [0, 0.05) is 7.05 Å². The van der Waals surface area contributed by atoms with Crippen molar-refractivity contribution >= 4 is 11.6 Å². The Kier molecular flexibility index (Phi) is 2.87. The maximum Gasteiger partial charge on any atom is 0.138 e. The lowest BCUT2D eigenvalue weighted by Gasteiger charge is -2.04. The second kappa shape index (κ2) is 4.31. The van der Waals surface area contributed by atoms with Gasteiger partial charge in [-0.2, -0.15) is 0 Å². The van der Waals surface area contributed by atoms with Crippen LogP contribution in [0.1, 0.15) is 5.69 Å². The van der Waals surface area contributed by atoms with E-state index in [1.54, 1.807) is 16.9 Å². The number of benzene rings is 1.